The molecular formula is C12H14N2O6. The van der Waals surface area contributed by atoms with E-state index in [1.54, 1.807) is 0 Å². The number of methoxy groups -OCH3 is 1. The van der Waals surface area contributed by atoms with Crippen LogP contribution < -0.4 is 4.90 Å². The van der Waals surface area contributed by atoms with Crippen LogP contribution in [0.25, 0.3) is 0 Å². The minimum absolute atomic E-state index is 0.0829. The standard InChI is InChI=1S/C12H14N2O6/c1-20-12(17)13(8-2-3-11(15)16)9-4-6-10(7-5-9)14(18)19/h4-7H,2-3,8H2,1H3,(H,15,16). The summed E-state index contributed by atoms with van der Waals surface area (Å²) in [6, 6.07) is 5.36. The molecule has 0 bridgehead atoms. The van der Waals surface area contributed by atoms with Crippen LogP contribution in [0.2, 0.25) is 0 Å². The van der Waals surface area contributed by atoms with E-state index in [1.807, 2.05) is 0 Å². The van der Waals surface area contributed by atoms with Crippen molar-refractivity contribution in [1.82, 2.24) is 0 Å². The van der Waals surface area contributed by atoms with Crippen molar-refractivity contribution in [1.29, 1.82) is 0 Å². The Morgan fingerprint density at radius 3 is 2.40 bits per heavy atom. The highest BCUT2D eigenvalue weighted by Gasteiger charge is 2.17. The lowest BCUT2D eigenvalue weighted by atomic mass is 10.2. The number of nitrogens with zero attached hydrogens (tertiary/aromatic N) is 2. The first kappa shape index (κ1) is 15.4. The number of non-ortho nitro benzene ring substituents is 1. The molecule has 1 amide bonds. The fourth-order valence-corrected chi connectivity index (χ4v) is 1.58. The summed E-state index contributed by atoms with van der Waals surface area (Å²) in [4.78, 5) is 33.3. The van der Waals surface area contributed by atoms with Crippen LogP contribution in [0.5, 0.6) is 0 Å². The molecule has 0 saturated carbocycles. The Labute approximate surface area is 114 Å². The van der Waals surface area contributed by atoms with Crippen molar-refractivity contribution in [2.45, 2.75) is 12.8 Å². The fraction of sp³-hybridized carbons (Fsp3) is 0.333. The van der Waals surface area contributed by atoms with Crippen LogP contribution in [-0.4, -0.2) is 35.7 Å². The maximum absolute atomic E-state index is 11.6. The zero-order valence-electron chi connectivity index (χ0n) is 10.8. The summed E-state index contributed by atoms with van der Waals surface area (Å²) in [5.41, 5.74) is 0.317. The Balaban J connectivity index is 2.84. The summed E-state index contributed by atoms with van der Waals surface area (Å²) in [5, 5.41) is 19.1. The number of carbonyl (C=O) groups excluding carboxylic acids is 1. The lowest BCUT2D eigenvalue weighted by molar-refractivity contribution is -0.384. The van der Waals surface area contributed by atoms with E-state index in [2.05, 4.69) is 4.74 Å². The minimum atomic E-state index is -0.960. The van der Waals surface area contributed by atoms with Gasteiger partial charge < -0.3 is 9.84 Å². The molecule has 0 unspecified atom stereocenters. The summed E-state index contributed by atoms with van der Waals surface area (Å²) in [6.07, 6.45) is -0.480. The van der Waals surface area contributed by atoms with Crippen LogP contribution >= 0.6 is 0 Å². The number of hydrogen-bond acceptors (Lipinski definition) is 5. The van der Waals surface area contributed by atoms with Gasteiger partial charge in [-0.3, -0.25) is 19.8 Å². The summed E-state index contributed by atoms with van der Waals surface area (Å²) in [7, 11) is 1.21. The smallest absolute Gasteiger partial charge is 0.413 e. The second kappa shape index (κ2) is 7.07. The fourth-order valence-electron chi connectivity index (χ4n) is 1.58. The third-order valence-electron chi connectivity index (χ3n) is 2.54. The number of aliphatic carboxylic acids is 1. The Morgan fingerprint density at radius 2 is 1.95 bits per heavy atom. The number of nitro groups is 1. The van der Waals surface area contributed by atoms with E-state index < -0.39 is 17.0 Å². The molecule has 0 fully saturated rings. The number of amides is 1. The number of nitro benzene ring substituents is 1. The highest BCUT2D eigenvalue weighted by Crippen LogP contribution is 2.20. The number of benzene rings is 1. The first-order valence-electron chi connectivity index (χ1n) is 5.77. The second-order valence-electron chi connectivity index (χ2n) is 3.89. The number of carboxylic acids is 1. The first-order valence-corrected chi connectivity index (χ1v) is 5.77. The number of carboxylic acid groups (broad SMARTS) is 1. The molecule has 0 aliphatic heterocycles. The van der Waals surface area contributed by atoms with Crippen LogP contribution in [0.15, 0.2) is 24.3 Å². The zero-order valence-corrected chi connectivity index (χ0v) is 10.8. The molecule has 1 aromatic rings. The molecule has 0 saturated heterocycles. The van der Waals surface area contributed by atoms with Gasteiger partial charge in [0.2, 0.25) is 0 Å². The molecule has 1 aromatic carbocycles. The number of hydrogen-bond donors (Lipinski definition) is 1. The molecule has 8 nitrogen and oxygen atoms in total. The monoisotopic (exact) mass is 282 g/mol. The average molecular weight is 282 g/mol. The average Bonchev–Trinajstić information content (AvgIpc) is 2.42. The molecule has 0 aromatic heterocycles. The third-order valence-corrected chi connectivity index (χ3v) is 2.54. The van der Waals surface area contributed by atoms with E-state index in [-0.39, 0.29) is 25.1 Å². The Kier molecular flexibility index (Phi) is 5.45. The first-order chi connectivity index (χ1) is 9.45. The predicted molar refractivity (Wildman–Crippen MR) is 69.7 cm³/mol. The molecule has 0 radical (unpaired) electrons. The van der Waals surface area contributed by atoms with Gasteiger partial charge in [-0.15, -0.1) is 0 Å². The summed E-state index contributed by atoms with van der Waals surface area (Å²) < 4.78 is 4.61. The van der Waals surface area contributed by atoms with E-state index in [4.69, 9.17) is 5.11 Å². The van der Waals surface area contributed by atoms with Crippen LogP contribution in [0.1, 0.15) is 12.8 Å². The Bertz CT molecular complexity index is 499. The topological polar surface area (TPSA) is 110 Å². The second-order valence-corrected chi connectivity index (χ2v) is 3.89. The van der Waals surface area contributed by atoms with Crippen LogP contribution in [0.4, 0.5) is 16.2 Å². The van der Waals surface area contributed by atoms with Gasteiger partial charge in [-0.25, -0.2) is 4.79 Å². The van der Waals surface area contributed by atoms with Gasteiger partial charge in [0.1, 0.15) is 0 Å². The molecule has 0 aliphatic rings. The molecule has 8 heteroatoms. The van der Waals surface area contributed by atoms with Crippen molar-refractivity contribution < 1.29 is 24.4 Å². The largest absolute Gasteiger partial charge is 0.481 e. The van der Waals surface area contributed by atoms with Gasteiger partial charge in [0.15, 0.2) is 0 Å². The lowest BCUT2D eigenvalue weighted by Crippen LogP contribution is -2.32. The van der Waals surface area contributed by atoms with E-state index in [9.17, 15) is 19.7 Å². The summed E-state index contributed by atoms with van der Waals surface area (Å²) in [6.45, 7) is 0.150. The van der Waals surface area contributed by atoms with Gasteiger partial charge in [-0.1, -0.05) is 0 Å². The number of rotatable bonds is 6. The van der Waals surface area contributed by atoms with Crippen molar-refractivity contribution in [2.75, 3.05) is 18.6 Å². The molecular weight excluding hydrogens is 268 g/mol. The van der Waals surface area contributed by atoms with Gasteiger partial charge >= 0.3 is 12.1 Å². The molecule has 0 heterocycles. The molecule has 0 atom stereocenters. The molecule has 1 rings (SSSR count). The van der Waals surface area contributed by atoms with Gasteiger partial charge in [-0.2, -0.15) is 0 Å². The Hall–Kier alpha value is -2.64. The van der Waals surface area contributed by atoms with E-state index in [0.29, 0.717) is 5.69 Å². The Morgan fingerprint density at radius 1 is 1.35 bits per heavy atom. The molecule has 0 aliphatic carbocycles. The van der Waals surface area contributed by atoms with Crippen LogP contribution in [0.3, 0.4) is 0 Å². The van der Waals surface area contributed by atoms with E-state index in [0.717, 1.165) is 0 Å². The third kappa shape index (κ3) is 4.23. The van der Waals surface area contributed by atoms with Crippen molar-refractivity contribution in [2.24, 2.45) is 0 Å². The number of ether oxygens (including phenoxy) is 1. The van der Waals surface area contributed by atoms with Crippen LogP contribution in [-0.2, 0) is 9.53 Å². The maximum atomic E-state index is 11.6. The molecule has 20 heavy (non-hydrogen) atoms. The van der Waals surface area contributed by atoms with Gasteiger partial charge in [0.05, 0.1) is 12.0 Å². The van der Waals surface area contributed by atoms with Crippen LogP contribution in [0, 0.1) is 10.1 Å². The van der Waals surface area contributed by atoms with Crippen molar-refractivity contribution in [3.8, 4) is 0 Å². The van der Waals surface area contributed by atoms with Crippen molar-refractivity contribution >= 4 is 23.4 Å². The number of anilines is 1. The SMILES string of the molecule is COC(=O)N(CCCC(=O)O)c1ccc([N+](=O)[O-])cc1. The van der Waals surface area contributed by atoms with Gasteiger partial charge in [0, 0.05) is 30.8 Å². The van der Waals surface area contributed by atoms with Gasteiger partial charge in [0.25, 0.3) is 5.69 Å². The molecule has 0 spiro atoms. The van der Waals surface area contributed by atoms with E-state index in [1.165, 1.54) is 36.3 Å². The minimum Gasteiger partial charge on any atom is -0.481 e. The van der Waals surface area contributed by atoms with Crippen molar-refractivity contribution in [3.63, 3.8) is 0 Å². The molecule has 108 valence electrons. The maximum Gasteiger partial charge on any atom is 0.413 e. The molecule has 1 N–H and O–H groups in total. The van der Waals surface area contributed by atoms with Crippen molar-refractivity contribution in [3.05, 3.63) is 34.4 Å². The van der Waals surface area contributed by atoms with Gasteiger partial charge in [-0.05, 0) is 18.6 Å². The summed E-state index contributed by atoms with van der Waals surface area (Å²) >= 11 is 0. The number of carbonyl (C=O) groups is 2. The predicted octanol–water partition coefficient (Wildman–Crippen LogP) is 2.03. The zero-order chi connectivity index (χ0) is 15.1. The van der Waals surface area contributed by atoms with E-state index >= 15 is 0 Å². The normalized spacial score (nSPS) is 9.85. The summed E-state index contributed by atoms with van der Waals surface area (Å²) in [5.74, 6) is -0.960. The quantitative estimate of drug-likeness (QED) is 0.631. The lowest BCUT2D eigenvalue weighted by Gasteiger charge is -2.20. The highest BCUT2D eigenvalue weighted by molar-refractivity contribution is 5.87. The highest BCUT2D eigenvalue weighted by atomic mass is 16.6.